The third-order valence-corrected chi connectivity index (χ3v) is 2.67. The van der Waals surface area contributed by atoms with Gasteiger partial charge in [0.2, 0.25) is 0 Å². The first kappa shape index (κ1) is 8.50. The quantitative estimate of drug-likeness (QED) is 0.759. The topological polar surface area (TPSA) is 50.2 Å². The molecule has 2 heterocycles. The lowest BCUT2D eigenvalue weighted by Crippen LogP contribution is -2.16. The monoisotopic (exact) mass is 241 g/mol. The van der Waals surface area contributed by atoms with E-state index in [-0.39, 0.29) is 5.69 Å². The van der Waals surface area contributed by atoms with Crippen LogP contribution in [0.5, 0.6) is 0 Å². The van der Waals surface area contributed by atoms with Crippen LogP contribution in [0.4, 0.5) is 0 Å². The minimum atomic E-state index is -0.156. The SMILES string of the molecule is Cc1nc2c(Br)c[nH]c(=O)n2c1C. The number of H-pyrrole nitrogens is 1. The molecule has 0 bridgehead atoms. The number of aromatic amines is 1. The Morgan fingerprint density at radius 2 is 2.23 bits per heavy atom. The Labute approximate surface area is 82.7 Å². The van der Waals surface area contributed by atoms with E-state index in [4.69, 9.17) is 0 Å². The molecule has 2 aromatic rings. The third kappa shape index (κ3) is 1.11. The van der Waals surface area contributed by atoms with E-state index in [1.165, 1.54) is 0 Å². The summed E-state index contributed by atoms with van der Waals surface area (Å²) in [6, 6.07) is 0. The normalized spacial score (nSPS) is 11.0. The number of aromatic nitrogens is 3. The first-order chi connectivity index (χ1) is 6.11. The molecule has 1 N–H and O–H groups in total. The highest BCUT2D eigenvalue weighted by Gasteiger charge is 2.09. The summed E-state index contributed by atoms with van der Waals surface area (Å²) >= 11 is 3.33. The minimum Gasteiger partial charge on any atom is -0.313 e. The first-order valence-electron chi connectivity index (χ1n) is 3.84. The largest absolute Gasteiger partial charge is 0.331 e. The van der Waals surface area contributed by atoms with E-state index in [0.717, 1.165) is 15.9 Å². The molecule has 0 saturated heterocycles. The molecule has 2 aromatic heterocycles. The zero-order valence-corrected chi connectivity index (χ0v) is 8.84. The first-order valence-corrected chi connectivity index (χ1v) is 4.63. The van der Waals surface area contributed by atoms with Gasteiger partial charge in [0.05, 0.1) is 10.2 Å². The van der Waals surface area contributed by atoms with Crippen LogP contribution in [0.2, 0.25) is 0 Å². The lowest BCUT2D eigenvalue weighted by atomic mass is 10.4. The molecule has 0 unspecified atom stereocenters. The molecule has 68 valence electrons. The van der Waals surface area contributed by atoms with Crippen molar-refractivity contribution in [2.45, 2.75) is 13.8 Å². The standard InChI is InChI=1S/C8H8BrN3O/c1-4-5(2)12-7(11-4)6(9)3-10-8(12)13/h3H,1-2H3,(H,10,13). The Bertz CT molecular complexity index is 526. The zero-order chi connectivity index (χ0) is 9.59. The van der Waals surface area contributed by atoms with Gasteiger partial charge in [0.15, 0.2) is 5.65 Å². The van der Waals surface area contributed by atoms with Gasteiger partial charge in [0.25, 0.3) is 0 Å². The summed E-state index contributed by atoms with van der Waals surface area (Å²) in [4.78, 5) is 18.3. The van der Waals surface area contributed by atoms with E-state index >= 15 is 0 Å². The van der Waals surface area contributed by atoms with Crippen LogP contribution in [0.15, 0.2) is 15.5 Å². The third-order valence-electron chi connectivity index (χ3n) is 2.08. The molecule has 2 rings (SSSR count). The molecule has 0 saturated carbocycles. The zero-order valence-electron chi connectivity index (χ0n) is 7.26. The Kier molecular flexibility index (Phi) is 1.76. The molecule has 13 heavy (non-hydrogen) atoms. The van der Waals surface area contributed by atoms with Crippen molar-refractivity contribution in [3.8, 4) is 0 Å². The van der Waals surface area contributed by atoms with E-state index in [1.807, 2.05) is 13.8 Å². The van der Waals surface area contributed by atoms with E-state index in [9.17, 15) is 4.79 Å². The predicted octanol–water partition coefficient (Wildman–Crippen LogP) is 1.40. The molecule has 0 aliphatic heterocycles. The molecule has 4 nitrogen and oxygen atoms in total. The van der Waals surface area contributed by atoms with Crippen LogP contribution >= 0.6 is 15.9 Å². The van der Waals surface area contributed by atoms with E-state index in [0.29, 0.717) is 5.65 Å². The maximum absolute atomic E-state index is 11.4. The summed E-state index contributed by atoms with van der Waals surface area (Å²) in [5, 5.41) is 0. The molecule has 0 aliphatic rings. The van der Waals surface area contributed by atoms with Crippen LogP contribution < -0.4 is 5.69 Å². The van der Waals surface area contributed by atoms with Crippen molar-refractivity contribution in [3.63, 3.8) is 0 Å². The summed E-state index contributed by atoms with van der Waals surface area (Å²) < 4.78 is 2.35. The molecule has 0 fully saturated rings. The molecule has 5 heteroatoms. The van der Waals surface area contributed by atoms with Gasteiger partial charge in [-0.15, -0.1) is 0 Å². The van der Waals surface area contributed by atoms with Gasteiger partial charge in [0.1, 0.15) is 0 Å². The van der Waals surface area contributed by atoms with Gasteiger partial charge < -0.3 is 4.98 Å². The van der Waals surface area contributed by atoms with Gasteiger partial charge in [-0.1, -0.05) is 0 Å². The van der Waals surface area contributed by atoms with Crippen LogP contribution in [0.25, 0.3) is 5.65 Å². The molecule has 0 amide bonds. The summed E-state index contributed by atoms with van der Waals surface area (Å²) in [6.07, 6.45) is 1.60. The average Bonchev–Trinajstić information content (AvgIpc) is 2.38. The molecule has 0 radical (unpaired) electrons. The van der Waals surface area contributed by atoms with Crippen LogP contribution in [-0.2, 0) is 0 Å². The van der Waals surface area contributed by atoms with Crippen LogP contribution in [0, 0.1) is 13.8 Å². The van der Waals surface area contributed by atoms with Crippen molar-refractivity contribution in [2.75, 3.05) is 0 Å². The lowest BCUT2D eigenvalue weighted by Gasteiger charge is -1.95. The highest BCUT2D eigenvalue weighted by molar-refractivity contribution is 9.10. The molecule has 0 atom stereocenters. The van der Waals surface area contributed by atoms with E-state index in [1.54, 1.807) is 10.6 Å². The fourth-order valence-corrected chi connectivity index (χ4v) is 1.65. The van der Waals surface area contributed by atoms with Crippen LogP contribution in [-0.4, -0.2) is 14.4 Å². The maximum atomic E-state index is 11.4. The smallest absolute Gasteiger partial charge is 0.313 e. The van der Waals surface area contributed by atoms with Gasteiger partial charge >= 0.3 is 5.69 Å². The van der Waals surface area contributed by atoms with Gasteiger partial charge in [0, 0.05) is 11.9 Å². The van der Waals surface area contributed by atoms with Crippen molar-refractivity contribution in [1.29, 1.82) is 0 Å². The second-order valence-electron chi connectivity index (χ2n) is 2.88. The number of fused-ring (bicyclic) bond motifs is 1. The number of rotatable bonds is 0. The van der Waals surface area contributed by atoms with E-state index < -0.39 is 0 Å². The van der Waals surface area contributed by atoms with Crippen molar-refractivity contribution in [3.05, 3.63) is 32.5 Å². The molecular formula is C8H8BrN3O. The number of halogens is 1. The van der Waals surface area contributed by atoms with Crippen molar-refractivity contribution in [1.82, 2.24) is 14.4 Å². The lowest BCUT2D eigenvalue weighted by molar-refractivity contribution is 0.957. The molecular weight excluding hydrogens is 234 g/mol. The Hall–Kier alpha value is -1.10. The fraction of sp³-hybridized carbons (Fsp3) is 0.250. The van der Waals surface area contributed by atoms with Crippen molar-refractivity contribution < 1.29 is 0 Å². The Balaban J connectivity index is 3.09. The number of nitrogens with zero attached hydrogens (tertiary/aromatic N) is 2. The van der Waals surface area contributed by atoms with Crippen molar-refractivity contribution in [2.24, 2.45) is 0 Å². The number of hydrogen-bond acceptors (Lipinski definition) is 2. The highest BCUT2D eigenvalue weighted by Crippen LogP contribution is 2.16. The van der Waals surface area contributed by atoms with Crippen LogP contribution in [0.3, 0.4) is 0 Å². The summed E-state index contributed by atoms with van der Waals surface area (Å²) in [5.41, 5.74) is 2.25. The van der Waals surface area contributed by atoms with Gasteiger partial charge in [-0.2, -0.15) is 0 Å². The second kappa shape index (κ2) is 2.70. The maximum Gasteiger partial charge on any atom is 0.331 e. The summed E-state index contributed by atoms with van der Waals surface area (Å²) in [7, 11) is 0. The molecule has 0 aromatic carbocycles. The number of aryl methyl sites for hydroxylation is 2. The predicted molar refractivity (Wildman–Crippen MR) is 53.0 cm³/mol. The van der Waals surface area contributed by atoms with E-state index in [2.05, 4.69) is 25.9 Å². The number of hydrogen-bond donors (Lipinski definition) is 1. The number of imidazole rings is 1. The van der Waals surface area contributed by atoms with Crippen molar-refractivity contribution >= 4 is 21.6 Å². The summed E-state index contributed by atoms with van der Waals surface area (Å²) in [6.45, 7) is 3.76. The van der Waals surface area contributed by atoms with Crippen LogP contribution in [0.1, 0.15) is 11.4 Å². The minimum absolute atomic E-state index is 0.156. The van der Waals surface area contributed by atoms with Gasteiger partial charge in [-0.3, -0.25) is 0 Å². The molecule has 0 spiro atoms. The Morgan fingerprint density at radius 3 is 2.85 bits per heavy atom. The number of nitrogens with one attached hydrogen (secondary N) is 1. The highest BCUT2D eigenvalue weighted by atomic mass is 79.9. The average molecular weight is 242 g/mol. The second-order valence-corrected chi connectivity index (χ2v) is 3.74. The fourth-order valence-electron chi connectivity index (χ4n) is 1.27. The van der Waals surface area contributed by atoms with Gasteiger partial charge in [-0.25, -0.2) is 14.2 Å². The van der Waals surface area contributed by atoms with Gasteiger partial charge in [-0.05, 0) is 29.8 Å². The molecule has 0 aliphatic carbocycles. The Morgan fingerprint density at radius 1 is 1.54 bits per heavy atom. The summed E-state index contributed by atoms with van der Waals surface area (Å²) in [5.74, 6) is 0.